The Labute approximate surface area is 152 Å². The van der Waals surface area contributed by atoms with Crippen LogP contribution in [0.25, 0.3) is 0 Å². The zero-order chi connectivity index (χ0) is 18.9. The van der Waals surface area contributed by atoms with Crippen LogP contribution in [0.3, 0.4) is 0 Å². The van der Waals surface area contributed by atoms with Crippen LogP contribution in [0, 0.1) is 0 Å². The number of carbonyl (C=O) groups excluding carboxylic acids is 3. The molecule has 140 valence electrons. The molecule has 26 heavy (non-hydrogen) atoms. The van der Waals surface area contributed by atoms with E-state index in [1.165, 1.54) is 4.90 Å². The van der Waals surface area contributed by atoms with Crippen LogP contribution in [0.1, 0.15) is 40.0 Å². The molecule has 3 rings (SSSR count). The zero-order valence-corrected chi connectivity index (χ0v) is 15.3. The summed E-state index contributed by atoms with van der Waals surface area (Å²) in [5.74, 6) is -0.277. The van der Waals surface area contributed by atoms with Gasteiger partial charge >= 0.3 is 12.1 Å². The summed E-state index contributed by atoms with van der Waals surface area (Å²) in [6, 6.07) is 2.26. The number of aromatic nitrogens is 1. The number of alkyl carbamates (subject to hydrolysis) is 1. The number of fused-ring (bicyclic) bond motifs is 1. The van der Waals surface area contributed by atoms with Crippen LogP contribution in [0.4, 0.5) is 15.3 Å². The number of pyridine rings is 1. The summed E-state index contributed by atoms with van der Waals surface area (Å²) in [5.41, 5.74) is -0.0925. The lowest BCUT2D eigenvalue weighted by atomic mass is 9.91. The van der Waals surface area contributed by atoms with Crippen molar-refractivity contribution in [3.8, 4) is 0 Å². The fraction of sp³-hybridized carbons (Fsp3) is 0.556. The summed E-state index contributed by atoms with van der Waals surface area (Å²) in [6.45, 7) is 5.94. The van der Waals surface area contributed by atoms with Gasteiger partial charge in [0.05, 0.1) is 24.2 Å². The summed E-state index contributed by atoms with van der Waals surface area (Å²) >= 11 is 0. The van der Waals surface area contributed by atoms with Crippen LogP contribution in [0.2, 0.25) is 0 Å². The molecule has 2 atom stereocenters. The van der Waals surface area contributed by atoms with Crippen molar-refractivity contribution in [2.45, 2.75) is 57.7 Å². The Morgan fingerprint density at radius 1 is 1.27 bits per heavy atom. The summed E-state index contributed by atoms with van der Waals surface area (Å²) < 4.78 is 5.31. The maximum Gasteiger partial charge on any atom is 0.407 e. The van der Waals surface area contributed by atoms with Gasteiger partial charge in [0.2, 0.25) is 5.91 Å². The van der Waals surface area contributed by atoms with Crippen molar-refractivity contribution in [2.24, 2.45) is 0 Å². The Morgan fingerprint density at radius 3 is 2.62 bits per heavy atom. The average molecular weight is 360 g/mol. The van der Waals surface area contributed by atoms with Crippen molar-refractivity contribution < 1.29 is 19.1 Å². The molecule has 1 N–H and O–H groups in total. The van der Waals surface area contributed by atoms with Gasteiger partial charge < -0.3 is 15.0 Å². The Kier molecular flexibility index (Phi) is 4.84. The Hall–Kier alpha value is -2.64. The largest absolute Gasteiger partial charge is 0.444 e. The molecule has 0 aromatic carbocycles. The predicted molar refractivity (Wildman–Crippen MR) is 94.6 cm³/mol. The molecule has 0 saturated carbocycles. The van der Waals surface area contributed by atoms with Gasteiger partial charge in [-0.1, -0.05) is 0 Å². The fourth-order valence-electron chi connectivity index (χ4n) is 3.43. The molecule has 1 aromatic rings. The first-order valence-corrected chi connectivity index (χ1v) is 8.79. The molecular formula is C18H24N4O4. The summed E-state index contributed by atoms with van der Waals surface area (Å²) in [4.78, 5) is 44.4. The number of carbonyl (C=O) groups is 3. The molecule has 0 radical (unpaired) electrons. The van der Waals surface area contributed by atoms with Crippen molar-refractivity contribution in [1.29, 1.82) is 0 Å². The number of nitrogens with one attached hydrogen (secondary N) is 1. The van der Waals surface area contributed by atoms with Gasteiger partial charge in [0.25, 0.3) is 0 Å². The molecule has 8 nitrogen and oxygen atoms in total. The van der Waals surface area contributed by atoms with E-state index in [1.54, 1.807) is 50.2 Å². The van der Waals surface area contributed by atoms with E-state index in [0.717, 1.165) is 6.42 Å². The predicted octanol–water partition coefficient (Wildman–Crippen LogP) is 2.30. The molecule has 2 aliphatic heterocycles. The lowest BCUT2D eigenvalue weighted by Crippen LogP contribution is -2.65. The number of ether oxygens (including phenoxy) is 1. The van der Waals surface area contributed by atoms with E-state index in [0.29, 0.717) is 18.7 Å². The number of imide groups is 1. The lowest BCUT2D eigenvalue weighted by molar-refractivity contribution is -0.121. The maximum atomic E-state index is 12.9. The summed E-state index contributed by atoms with van der Waals surface area (Å²) in [6.07, 6.45) is 4.18. The lowest BCUT2D eigenvalue weighted by Gasteiger charge is -2.46. The normalized spacial score (nSPS) is 23.5. The third-order valence-corrected chi connectivity index (χ3v) is 4.47. The second-order valence-electron chi connectivity index (χ2n) is 7.58. The Balaban J connectivity index is 1.75. The highest BCUT2D eigenvalue weighted by molar-refractivity contribution is 6.16. The molecule has 2 fully saturated rings. The van der Waals surface area contributed by atoms with Gasteiger partial charge in [-0.05, 0) is 45.7 Å². The summed E-state index contributed by atoms with van der Waals surface area (Å²) in [5, 5.41) is 2.83. The van der Waals surface area contributed by atoms with Crippen molar-refractivity contribution in [1.82, 2.24) is 15.2 Å². The molecule has 2 saturated heterocycles. The van der Waals surface area contributed by atoms with E-state index in [-0.39, 0.29) is 30.4 Å². The first-order chi connectivity index (χ1) is 12.3. The van der Waals surface area contributed by atoms with Crippen molar-refractivity contribution in [2.75, 3.05) is 11.4 Å². The molecule has 0 aliphatic carbocycles. The van der Waals surface area contributed by atoms with E-state index < -0.39 is 11.7 Å². The number of hydrogen-bond donors (Lipinski definition) is 1. The van der Waals surface area contributed by atoms with E-state index in [9.17, 15) is 14.4 Å². The molecule has 8 heteroatoms. The second-order valence-corrected chi connectivity index (χ2v) is 7.58. The minimum atomic E-state index is -0.602. The van der Waals surface area contributed by atoms with Crippen LogP contribution < -0.4 is 10.2 Å². The zero-order valence-electron chi connectivity index (χ0n) is 15.3. The van der Waals surface area contributed by atoms with E-state index in [4.69, 9.17) is 4.74 Å². The minimum absolute atomic E-state index is 0.161. The molecule has 2 aliphatic rings. The number of urea groups is 1. The average Bonchev–Trinajstić information content (AvgIpc) is 2.55. The molecule has 1 aromatic heterocycles. The van der Waals surface area contributed by atoms with Crippen molar-refractivity contribution in [3.63, 3.8) is 0 Å². The maximum absolute atomic E-state index is 12.9. The Bertz CT molecular complexity index is 701. The Morgan fingerprint density at radius 2 is 1.96 bits per heavy atom. The van der Waals surface area contributed by atoms with Gasteiger partial charge in [-0.25, -0.2) is 14.5 Å². The molecule has 0 spiro atoms. The SMILES string of the molecule is CC(C)(C)OC(=O)NC1CCCN2C(=O)N(c3ccncc3)C(=O)CC12. The fourth-order valence-corrected chi connectivity index (χ4v) is 3.43. The highest BCUT2D eigenvalue weighted by Gasteiger charge is 2.45. The molecule has 4 amide bonds. The molecule has 0 bridgehead atoms. The van der Waals surface area contributed by atoms with E-state index in [2.05, 4.69) is 10.3 Å². The number of piperidine rings is 1. The first-order valence-electron chi connectivity index (χ1n) is 8.79. The van der Waals surface area contributed by atoms with Crippen LogP contribution in [-0.2, 0) is 9.53 Å². The first kappa shape index (κ1) is 18.2. The quantitative estimate of drug-likeness (QED) is 0.874. The highest BCUT2D eigenvalue weighted by Crippen LogP contribution is 2.30. The van der Waals surface area contributed by atoms with Crippen LogP contribution in [0.5, 0.6) is 0 Å². The number of rotatable bonds is 2. The van der Waals surface area contributed by atoms with Crippen LogP contribution >= 0.6 is 0 Å². The van der Waals surface area contributed by atoms with Gasteiger partial charge in [-0.2, -0.15) is 0 Å². The highest BCUT2D eigenvalue weighted by atomic mass is 16.6. The minimum Gasteiger partial charge on any atom is -0.444 e. The monoisotopic (exact) mass is 360 g/mol. The third-order valence-electron chi connectivity index (χ3n) is 4.47. The molecule has 2 unspecified atom stereocenters. The van der Waals surface area contributed by atoms with Crippen LogP contribution in [0.15, 0.2) is 24.5 Å². The van der Waals surface area contributed by atoms with Gasteiger partial charge in [0.15, 0.2) is 0 Å². The number of amides is 4. The number of nitrogens with zero attached hydrogens (tertiary/aromatic N) is 3. The van der Waals surface area contributed by atoms with Gasteiger partial charge in [-0.15, -0.1) is 0 Å². The van der Waals surface area contributed by atoms with Gasteiger partial charge in [0.1, 0.15) is 5.60 Å². The van der Waals surface area contributed by atoms with E-state index in [1.807, 2.05) is 0 Å². The third kappa shape index (κ3) is 3.79. The number of hydrogen-bond acceptors (Lipinski definition) is 5. The van der Waals surface area contributed by atoms with Crippen molar-refractivity contribution >= 4 is 23.7 Å². The second kappa shape index (κ2) is 6.93. The van der Waals surface area contributed by atoms with E-state index >= 15 is 0 Å². The summed E-state index contributed by atoms with van der Waals surface area (Å²) in [7, 11) is 0. The van der Waals surface area contributed by atoms with Crippen LogP contribution in [-0.4, -0.2) is 52.1 Å². The molecular weight excluding hydrogens is 336 g/mol. The molecule has 3 heterocycles. The standard InChI is InChI=1S/C18H24N4O4/c1-18(2,3)26-16(24)20-13-5-4-10-21-14(13)11-15(23)22(17(21)25)12-6-8-19-9-7-12/h6-9,13-14H,4-5,10-11H2,1-3H3,(H,20,24). The van der Waals surface area contributed by atoms with Gasteiger partial charge in [0, 0.05) is 18.9 Å². The van der Waals surface area contributed by atoms with Gasteiger partial charge in [-0.3, -0.25) is 9.78 Å². The topological polar surface area (TPSA) is 91.8 Å². The number of anilines is 1. The van der Waals surface area contributed by atoms with Crippen molar-refractivity contribution in [3.05, 3.63) is 24.5 Å². The smallest absolute Gasteiger partial charge is 0.407 e.